The monoisotopic (exact) mass is 483 g/mol. The molecule has 4 rings (SSSR count). The van der Waals surface area contributed by atoms with Crippen LogP contribution in [-0.2, 0) is 4.79 Å². The van der Waals surface area contributed by atoms with Gasteiger partial charge in [-0.2, -0.15) is 0 Å². The molecule has 1 atom stereocenters. The van der Waals surface area contributed by atoms with Crippen molar-refractivity contribution < 1.29 is 14.7 Å². The molecule has 0 bridgehead atoms. The minimum absolute atomic E-state index is 0.0198. The van der Waals surface area contributed by atoms with E-state index < -0.39 is 11.9 Å². The van der Waals surface area contributed by atoms with Gasteiger partial charge in [0, 0.05) is 57.2 Å². The molecule has 1 unspecified atom stereocenters. The second kappa shape index (κ2) is 9.40. The van der Waals surface area contributed by atoms with Crippen molar-refractivity contribution >= 4 is 40.8 Å². The first-order chi connectivity index (χ1) is 15.3. The molecule has 3 aliphatic heterocycles. The van der Waals surface area contributed by atoms with Crippen LogP contribution in [0.5, 0.6) is 0 Å². The Balaban J connectivity index is 1.47. The lowest BCUT2D eigenvalue weighted by Gasteiger charge is -2.51. The molecule has 1 aromatic heterocycles. The molecule has 32 heavy (non-hydrogen) atoms. The Morgan fingerprint density at radius 2 is 1.81 bits per heavy atom. The number of aryl methyl sites for hydroxylation is 1. The van der Waals surface area contributed by atoms with E-state index in [0.717, 1.165) is 26.2 Å². The van der Waals surface area contributed by atoms with E-state index in [2.05, 4.69) is 35.7 Å². The van der Waals surface area contributed by atoms with Crippen molar-refractivity contribution in [2.45, 2.75) is 31.7 Å². The average Bonchev–Trinajstić information content (AvgIpc) is 3.07. The predicted octanol–water partition coefficient (Wildman–Crippen LogP) is 0.983. The average molecular weight is 484 g/mol. The van der Waals surface area contributed by atoms with Crippen molar-refractivity contribution in [3.05, 3.63) is 33.7 Å². The fourth-order valence-electron chi connectivity index (χ4n) is 4.41. The highest BCUT2D eigenvalue weighted by Gasteiger charge is 2.45. The summed E-state index contributed by atoms with van der Waals surface area (Å²) in [4.78, 5) is 36.2. The fourth-order valence-corrected chi connectivity index (χ4v) is 4.83. The fraction of sp³-hybridized carbons (Fsp3) is 0.550. The van der Waals surface area contributed by atoms with E-state index >= 15 is 0 Å². The van der Waals surface area contributed by atoms with Gasteiger partial charge in [-0.05, 0) is 25.8 Å². The Labute approximate surface area is 196 Å². The van der Waals surface area contributed by atoms with Gasteiger partial charge >= 0.3 is 5.97 Å². The molecule has 2 fully saturated rings. The number of hydrogen-bond acceptors (Lipinski definition) is 7. The van der Waals surface area contributed by atoms with Crippen LogP contribution >= 0.6 is 23.2 Å². The van der Waals surface area contributed by atoms with Crippen molar-refractivity contribution in [3.8, 4) is 0 Å². The summed E-state index contributed by atoms with van der Waals surface area (Å²) in [6.07, 6.45) is 4.51. The molecule has 4 heterocycles. The number of carboxylic acids is 1. The number of carboxylic acid groups (broad SMARTS) is 1. The Hall–Kier alpha value is -2.11. The van der Waals surface area contributed by atoms with Gasteiger partial charge in [-0.15, -0.1) is 0 Å². The van der Waals surface area contributed by atoms with Gasteiger partial charge in [0.15, 0.2) is 0 Å². The number of nitrogens with one attached hydrogen (secondary N) is 4. The van der Waals surface area contributed by atoms with Gasteiger partial charge in [0.1, 0.15) is 11.4 Å². The second-order valence-electron chi connectivity index (χ2n) is 8.14. The molecule has 5 N–H and O–H groups in total. The molecule has 0 radical (unpaired) electrons. The first-order valence-electron chi connectivity index (χ1n) is 10.6. The molecule has 0 aliphatic carbocycles. The van der Waals surface area contributed by atoms with E-state index in [-0.39, 0.29) is 28.4 Å². The predicted molar refractivity (Wildman–Crippen MR) is 122 cm³/mol. The normalized spacial score (nSPS) is 25.3. The molecule has 2 saturated heterocycles. The number of H-pyrrole nitrogens is 1. The van der Waals surface area contributed by atoms with Gasteiger partial charge in [0.05, 0.1) is 10.0 Å². The topological polar surface area (TPSA) is 125 Å². The van der Waals surface area contributed by atoms with Gasteiger partial charge in [-0.25, -0.2) is 19.6 Å². The van der Waals surface area contributed by atoms with E-state index in [1.165, 1.54) is 6.08 Å². The van der Waals surface area contributed by atoms with Gasteiger partial charge in [-0.1, -0.05) is 23.2 Å². The number of amides is 1. The summed E-state index contributed by atoms with van der Waals surface area (Å²) in [6.45, 7) is 6.09. The molecule has 1 aromatic rings. The Bertz CT molecular complexity index is 949. The first-order valence-corrected chi connectivity index (χ1v) is 11.4. The minimum atomic E-state index is -1.05. The number of likely N-dealkylation sites (tertiary alicyclic amines) is 1. The first kappa shape index (κ1) is 23.1. The third kappa shape index (κ3) is 4.38. The van der Waals surface area contributed by atoms with Crippen LogP contribution in [-0.4, -0.2) is 88.7 Å². The standard InChI is InChI=1S/C20H27Cl2N7O3/c1-12-15(21)16(22)17(25-12)18(30)26-13-3-8-28(9-4-13)20(29-10-6-23-7-11-29)24-5-2-14(27-20)19(31)32/h2,5,13,23-25H,3-4,6-11H2,1H3,(H,26,30)(H,31,32). The number of rotatable bonds is 5. The molecule has 0 aromatic carbocycles. The van der Waals surface area contributed by atoms with Crippen LogP contribution in [0.3, 0.4) is 0 Å². The number of aliphatic imine (C=N–C) groups is 1. The number of piperidine rings is 1. The summed E-state index contributed by atoms with van der Waals surface area (Å²) >= 11 is 12.3. The highest BCUT2D eigenvalue weighted by Crippen LogP contribution is 2.30. The van der Waals surface area contributed by atoms with Crippen molar-refractivity contribution in [3.63, 3.8) is 0 Å². The van der Waals surface area contributed by atoms with E-state index in [1.807, 2.05) is 0 Å². The summed E-state index contributed by atoms with van der Waals surface area (Å²) in [5, 5.41) is 19.8. The number of aromatic amines is 1. The Morgan fingerprint density at radius 3 is 2.41 bits per heavy atom. The minimum Gasteiger partial charge on any atom is -0.477 e. The van der Waals surface area contributed by atoms with Crippen molar-refractivity contribution in [2.24, 2.45) is 4.99 Å². The third-order valence-corrected chi connectivity index (χ3v) is 7.07. The van der Waals surface area contributed by atoms with Crippen LogP contribution in [0.4, 0.5) is 0 Å². The molecule has 0 saturated carbocycles. The number of halogens is 2. The van der Waals surface area contributed by atoms with Gasteiger partial charge < -0.3 is 26.0 Å². The maximum absolute atomic E-state index is 12.7. The lowest BCUT2D eigenvalue weighted by Crippen LogP contribution is -2.71. The highest BCUT2D eigenvalue weighted by molar-refractivity contribution is 6.44. The van der Waals surface area contributed by atoms with Gasteiger partial charge in [0.25, 0.3) is 5.91 Å². The molecule has 12 heteroatoms. The number of aromatic nitrogens is 1. The Kier molecular flexibility index (Phi) is 6.78. The van der Waals surface area contributed by atoms with Crippen LogP contribution in [0.2, 0.25) is 10.0 Å². The lowest BCUT2D eigenvalue weighted by atomic mass is 10.0. The SMILES string of the molecule is Cc1[nH]c(C(=O)NC2CCN(C3(N4CCNCC4)N=C(C(=O)O)C=CN3)CC2)c(Cl)c1Cl. The van der Waals surface area contributed by atoms with E-state index in [0.29, 0.717) is 36.6 Å². The number of aliphatic carboxylic acids is 1. The summed E-state index contributed by atoms with van der Waals surface area (Å²) in [6, 6.07) is -0.0423. The molecular weight excluding hydrogens is 457 g/mol. The number of carbonyl (C=O) groups is 2. The third-order valence-electron chi connectivity index (χ3n) is 6.12. The van der Waals surface area contributed by atoms with Crippen LogP contribution in [0.25, 0.3) is 0 Å². The lowest BCUT2D eigenvalue weighted by molar-refractivity contribution is -0.130. The van der Waals surface area contributed by atoms with E-state index in [4.69, 9.17) is 23.2 Å². The maximum Gasteiger partial charge on any atom is 0.354 e. The molecule has 1 amide bonds. The quantitative estimate of drug-likeness (QED) is 0.422. The second-order valence-corrected chi connectivity index (χ2v) is 8.90. The largest absolute Gasteiger partial charge is 0.477 e. The zero-order valence-electron chi connectivity index (χ0n) is 17.8. The van der Waals surface area contributed by atoms with Crippen molar-refractivity contribution in [2.75, 3.05) is 39.3 Å². The number of hydrogen-bond donors (Lipinski definition) is 5. The van der Waals surface area contributed by atoms with Crippen LogP contribution < -0.4 is 16.0 Å². The van der Waals surface area contributed by atoms with Crippen LogP contribution in [0, 0.1) is 6.92 Å². The molecule has 174 valence electrons. The molecule has 3 aliphatic rings. The van der Waals surface area contributed by atoms with Crippen LogP contribution in [0.15, 0.2) is 17.3 Å². The zero-order valence-corrected chi connectivity index (χ0v) is 19.3. The van der Waals surface area contributed by atoms with Gasteiger partial charge in [-0.3, -0.25) is 4.79 Å². The number of carbonyl (C=O) groups excluding carboxylic acids is 1. The summed E-state index contributed by atoms with van der Waals surface area (Å²) in [5.41, 5.74) is 0.938. The molecule has 10 nitrogen and oxygen atoms in total. The summed E-state index contributed by atoms with van der Waals surface area (Å²) < 4.78 is 0. The van der Waals surface area contributed by atoms with Gasteiger partial charge in [0.2, 0.25) is 5.91 Å². The van der Waals surface area contributed by atoms with Crippen molar-refractivity contribution in [1.82, 2.24) is 30.7 Å². The highest BCUT2D eigenvalue weighted by atomic mass is 35.5. The van der Waals surface area contributed by atoms with E-state index in [1.54, 1.807) is 13.1 Å². The Morgan fingerprint density at radius 1 is 1.16 bits per heavy atom. The number of piperazine rings is 1. The summed E-state index contributed by atoms with van der Waals surface area (Å²) in [7, 11) is 0. The number of nitrogens with zero attached hydrogens (tertiary/aromatic N) is 3. The van der Waals surface area contributed by atoms with Crippen LogP contribution in [0.1, 0.15) is 29.0 Å². The summed E-state index contributed by atoms with van der Waals surface area (Å²) in [5.74, 6) is -2.29. The smallest absolute Gasteiger partial charge is 0.354 e. The molecular formula is C20H27Cl2N7O3. The zero-order chi connectivity index (χ0) is 22.9. The van der Waals surface area contributed by atoms with Crippen molar-refractivity contribution in [1.29, 1.82) is 0 Å². The maximum atomic E-state index is 12.7. The van der Waals surface area contributed by atoms with E-state index in [9.17, 15) is 14.7 Å². The molecule has 0 spiro atoms.